The number of esters is 1. The van der Waals surface area contributed by atoms with Crippen molar-refractivity contribution in [2.45, 2.75) is 32.9 Å². The van der Waals surface area contributed by atoms with Crippen LogP contribution in [0.3, 0.4) is 0 Å². The van der Waals surface area contributed by atoms with Crippen LogP contribution < -0.4 is 30.3 Å². The van der Waals surface area contributed by atoms with Gasteiger partial charge >= 0.3 is 5.97 Å². The topological polar surface area (TPSA) is 120 Å². The first-order valence-corrected chi connectivity index (χ1v) is 15.7. The average molecular weight is 698 g/mol. The van der Waals surface area contributed by atoms with Gasteiger partial charge in [-0.15, -0.1) is 6.58 Å². The Morgan fingerprint density at radius 1 is 1.09 bits per heavy atom. The molecule has 1 heterocycles. The van der Waals surface area contributed by atoms with Crippen molar-refractivity contribution in [3.8, 4) is 17.2 Å². The number of rotatable bonds is 14. The van der Waals surface area contributed by atoms with Gasteiger partial charge in [-0.2, -0.15) is 5.10 Å². The molecule has 3 aromatic carbocycles. The number of thiocarbonyl (C=S) groups is 1. The quantitative estimate of drug-likeness (QED) is 0.0596. The molecule has 13 heteroatoms. The second-order valence-corrected chi connectivity index (χ2v) is 11.4. The standard InChI is InChI=1S/C34H34Cl2N4O6S/c1-5-9-23-14-22(16-28(43-4)32(23)46-18-21-12-13-25(35)26(36)15-21)17-37-40-29(41)19-45-27-11-8-7-10-24(27)31-30(33(42)44-6-2)20(3)38-34(47)39-31/h5,7-8,10-17,31H,1,6,9,18-19H2,2-4H3,(H,40,41)(H2,38,39,47)/t31-/m1/s1. The Morgan fingerprint density at radius 3 is 2.60 bits per heavy atom. The van der Waals surface area contributed by atoms with E-state index in [1.807, 2.05) is 12.1 Å². The van der Waals surface area contributed by atoms with Crippen molar-refractivity contribution >= 4 is 58.6 Å². The molecular formula is C34H34Cl2N4O6S. The summed E-state index contributed by atoms with van der Waals surface area (Å²) in [5.41, 5.74) is 6.33. The summed E-state index contributed by atoms with van der Waals surface area (Å²) >= 11 is 17.5. The normalized spacial score (nSPS) is 14.2. The molecule has 1 aliphatic heterocycles. The van der Waals surface area contributed by atoms with E-state index in [0.29, 0.717) is 61.2 Å². The summed E-state index contributed by atoms with van der Waals surface area (Å²) < 4.78 is 22.9. The zero-order chi connectivity index (χ0) is 33.9. The van der Waals surface area contributed by atoms with Gasteiger partial charge in [0.1, 0.15) is 12.4 Å². The predicted molar refractivity (Wildman–Crippen MR) is 186 cm³/mol. The second-order valence-electron chi connectivity index (χ2n) is 10.2. The third-order valence-corrected chi connectivity index (χ3v) is 7.82. The number of carbonyl (C=O) groups is 2. The van der Waals surface area contributed by atoms with E-state index >= 15 is 0 Å². The number of para-hydroxylation sites is 1. The number of halogens is 2. The molecule has 10 nitrogen and oxygen atoms in total. The highest BCUT2D eigenvalue weighted by atomic mass is 35.5. The third-order valence-electron chi connectivity index (χ3n) is 6.86. The molecular weight excluding hydrogens is 663 g/mol. The Hall–Kier alpha value is -4.58. The fourth-order valence-electron chi connectivity index (χ4n) is 4.78. The van der Waals surface area contributed by atoms with Crippen molar-refractivity contribution < 1.29 is 28.5 Å². The maximum atomic E-state index is 12.8. The van der Waals surface area contributed by atoms with Gasteiger partial charge in [-0.25, -0.2) is 10.2 Å². The highest BCUT2D eigenvalue weighted by molar-refractivity contribution is 7.80. The SMILES string of the molecule is C=CCc1cc(C=NNC(=O)COc2ccccc2[C@H]2NC(=S)NC(C)=C2C(=O)OCC)cc(OC)c1OCc1ccc(Cl)c(Cl)c1. The van der Waals surface area contributed by atoms with Gasteiger partial charge in [-0.3, -0.25) is 4.79 Å². The van der Waals surface area contributed by atoms with Crippen molar-refractivity contribution in [2.24, 2.45) is 5.10 Å². The number of nitrogens with zero attached hydrogens (tertiary/aromatic N) is 1. The molecule has 0 aliphatic carbocycles. The Morgan fingerprint density at radius 2 is 1.87 bits per heavy atom. The van der Waals surface area contributed by atoms with E-state index in [1.165, 1.54) is 13.3 Å². The van der Waals surface area contributed by atoms with E-state index in [2.05, 4.69) is 27.7 Å². The van der Waals surface area contributed by atoms with Crippen LogP contribution in [0.15, 0.2) is 83.6 Å². The van der Waals surface area contributed by atoms with Crippen LogP contribution in [0, 0.1) is 0 Å². The van der Waals surface area contributed by atoms with Gasteiger partial charge in [0.05, 0.1) is 41.6 Å². The molecule has 0 spiro atoms. The van der Waals surface area contributed by atoms with Crippen molar-refractivity contribution in [3.63, 3.8) is 0 Å². The Labute approximate surface area is 288 Å². The van der Waals surface area contributed by atoms with E-state index in [9.17, 15) is 9.59 Å². The van der Waals surface area contributed by atoms with Gasteiger partial charge in [0.2, 0.25) is 0 Å². The monoisotopic (exact) mass is 696 g/mol. The largest absolute Gasteiger partial charge is 0.493 e. The van der Waals surface area contributed by atoms with Gasteiger partial charge in [0, 0.05) is 16.8 Å². The van der Waals surface area contributed by atoms with Gasteiger partial charge in [0.15, 0.2) is 23.2 Å². The van der Waals surface area contributed by atoms with Crippen molar-refractivity contribution in [1.29, 1.82) is 0 Å². The zero-order valence-electron chi connectivity index (χ0n) is 26.0. The number of nitrogens with one attached hydrogen (secondary N) is 3. The summed E-state index contributed by atoms with van der Waals surface area (Å²) in [5, 5.41) is 11.4. The van der Waals surface area contributed by atoms with Crippen LogP contribution in [0.5, 0.6) is 17.2 Å². The van der Waals surface area contributed by atoms with Gasteiger partial charge in [-0.05, 0) is 73.9 Å². The zero-order valence-corrected chi connectivity index (χ0v) is 28.4. The lowest BCUT2D eigenvalue weighted by Gasteiger charge is -2.30. The molecule has 1 aliphatic rings. The van der Waals surface area contributed by atoms with Crippen LogP contribution in [0.4, 0.5) is 0 Å². The fraction of sp³-hybridized carbons (Fsp3) is 0.235. The van der Waals surface area contributed by atoms with E-state index in [1.54, 1.807) is 62.4 Å². The fourth-order valence-corrected chi connectivity index (χ4v) is 5.37. The number of hydrogen-bond donors (Lipinski definition) is 3. The molecule has 1 amide bonds. The first-order chi connectivity index (χ1) is 22.6. The second kappa shape index (κ2) is 16.8. The number of carbonyl (C=O) groups excluding carboxylic acids is 2. The van der Waals surface area contributed by atoms with Crippen LogP contribution in [0.1, 0.15) is 42.1 Å². The molecule has 4 rings (SSSR count). The molecule has 3 N–H and O–H groups in total. The number of methoxy groups -OCH3 is 1. The van der Waals surface area contributed by atoms with Crippen molar-refractivity contribution in [2.75, 3.05) is 20.3 Å². The maximum Gasteiger partial charge on any atom is 0.338 e. The molecule has 0 radical (unpaired) electrons. The molecule has 0 aromatic heterocycles. The smallest absolute Gasteiger partial charge is 0.338 e. The van der Waals surface area contributed by atoms with E-state index in [4.69, 9.17) is 54.4 Å². The van der Waals surface area contributed by atoms with E-state index < -0.39 is 17.9 Å². The summed E-state index contributed by atoms with van der Waals surface area (Å²) in [6, 6.07) is 15.3. The van der Waals surface area contributed by atoms with Crippen LogP contribution >= 0.6 is 35.4 Å². The van der Waals surface area contributed by atoms with Gasteiger partial charge in [-0.1, -0.05) is 53.5 Å². The van der Waals surface area contributed by atoms with Crippen LogP contribution in [-0.2, 0) is 27.4 Å². The summed E-state index contributed by atoms with van der Waals surface area (Å²) in [6.07, 6.45) is 3.73. The average Bonchev–Trinajstić information content (AvgIpc) is 3.04. The molecule has 1 atom stereocenters. The van der Waals surface area contributed by atoms with Crippen molar-refractivity contribution in [1.82, 2.24) is 16.1 Å². The maximum absolute atomic E-state index is 12.8. The number of benzene rings is 3. The first-order valence-electron chi connectivity index (χ1n) is 14.5. The minimum absolute atomic E-state index is 0.214. The minimum Gasteiger partial charge on any atom is -0.493 e. The molecule has 0 fully saturated rings. The van der Waals surface area contributed by atoms with Crippen LogP contribution in [0.2, 0.25) is 10.0 Å². The summed E-state index contributed by atoms with van der Waals surface area (Å²) in [5.74, 6) is 0.431. The Bertz CT molecular complexity index is 1730. The molecule has 246 valence electrons. The van der Waals surface area contributed by atoms with Gasteiger partial charge < -0.3 is 29.6 Å². The van der Waals surface area contributed by atoms with Gasteiger partial charge in [0.25, 0.3) is 5.91 Å². The summed E-state index contributed by atoms with van der Waals surface area (Å²) in [7, 11) is 1.54. The molecule has 47 heavy (non-hydrogen) atoms. The molecule has 0 unspecified atom stereocenters. The number of ether oxygens (including phenoxy) is 4. The van der Waals surface area contributed by atoms with E-state index in [0.717, 1.165) is 11.1 Å². The highest BCUT2D eigenvalue weighted by Gasteiger charge is 2.32. The van der Waals surface area contributed by atoms with Crippen molar-refractivity contribution in [3.05, 3.63) is 111 Å². The van der Waals surface area contributed by atoms with E-state index in [-0.39, 0.29) is 19.8 Å². The number of hydrazone groups is 1. The lowest BCUT2D eigenvalue weighted by atomic mass is 9.95. The lowest BCUT2D eigenvalue weighted by Crippen LogP contribution is -2.45. The summed E-state index contributed by atoms with van der Waals surface area (Å²) in [6.45, 7) is 7.44. The molecule has 0 saturated heterocycles. The van der Waals surface area contributed by atoms with Crippen LogP contribution in [0.25, 0.3) is 0 Å². The summed E-state index contributed by atoms with van der Waals surface area (Å²) in [4.78, 5) is 25.5. The molecule has 3 aromatic rings. The third kappa shape index (κ3) is 9.25. The lowest BCUT2D eigenvalue weighted by molar-refractivity contribution is -0.139. The highest BCUT2D eigenvalue weighted by Crippen LogP contribution is 2.35. The number of allylic oxidation sites excluding steroid dienone is 2. The number of hydrogen-bond acceptors (Lipinski definition) is 8. The first kappa shape index (κ1) is 35.3. The Balaban J connectivity index is 1.44. The molecule has 0 bridgehead atoms. The minimum atomic E-state index is -0.643. The predicted octanol–water partition coefficient (Wildman–Crippen LogP) is 6.19. The number of amides is 1. The van der Waals surface area contributed by atoms with Crippen LogP contribution in [-0.4, -0.2) is 43.5 Å². The Kier molecular flexibility index (Phi) is 12.6. The molecule has 0 saturated carbocycles.